The summed E-state index contributed by atoms with van der Waals surface area (Å²) in [6.07, 6.45) is -3.24. The average molecular weight is 487 g/mol. The molecule has 182 valence electrons. The summed E-state index contributed by atoms with van der Waals surface area (Å²) in [6.45, 7) is 2.96. The summed E-state index contributed by atoms with van der Waals surface area (Å²) in [5.74, 6) is -0.516. The van der Waals surface area contributed by atoms with Gasteiger partial charge >= 0.3 is 6.18 Å². The van der Waals surface area contributed by atoms with Crippen LogP contribution in [0.25, 0.3) is 0 Å². The molecule has 0 radical (unpaired) electrons. The predicted molar refractivity (Wildman–Crippen MR) is 118 cm³/mol. The molecule has 11 heteroatoms. The maximum atomic E-state index is 13.5. The van der Waals surface area contributed by atoms with Gasteiger partial charge in [-0.05, 0) is 37.5 Å². The number of nitriles is 1. The van der Waals surface area contributed by atoms with Crippen LogP contribution in [0.15, 0.2) is 18.2 Å². The van der Waals surface area contributed by atoms with Crippen molar-refractivity contribution in [1.82, 2.24) is 9.21 Å². The summed E-state index contributed by atoms with van der Waals surface area (Å²) in [5, 5.41) is 9.07. The molecule has 2 heterocycles. The molecule has 0 saturated carbocycles. The topological polar surface area (TPSA) is 84.7 Å². The Balaban J connectivity index is 1.92. The lowest BCUT2D eigenvalue weighted by Crippen LogP contribution is -2.49. The van der Waals surface area contributed by atoms with Crippen LogP contribution in [0, 0.1) is 22.7 Å². The molecule has 7 nitrogen and oxygen atoms in total. The average Bonchev–Trinajstić information content (AvgIpc) is 3.10. The molecule has 0 aliphatic carbocycles. The fourth-order valence-corrected chi connectivity index (χ4v) is 6.49. The number of anilines is 1. The lowest BCUT2D eigenvalue weighted by molar-refractivity contribution is -0.138. The highest BCUT2D eigenvalue weighted by molar-refractivity contribution is 7.89. The number of rotatable bonds is 5. The zero-order valence-electron chi connectivity index (χ0n) is 19.0. The molecular weight excluding hydrogens is 457 g/mol. The molecule has 1 unspecified atom stereocenters. The Labute approximate surface area is 192 Å². The van der Waals surface area contributed by atoms with Crippen molar-refractivity contribution in [2.24, 2.45) is 11.3 Å². The first kappa shape index (κ1) is 25.3. The minimum atomic E-state index is -4.67. The third-order valence-corrected chi connectivity index (χ3v) is 8.83. The summed E-state index contributed by atoms with van der Waals surface area (Å²) < 4.78 is 66.9. The molecule has 2 aliphatic heterocycles. The number of halogens is 3. The van der Waals surface area contributed by atoms with Gasteiger partial charge in [0.05, 0.1) is 28.9 Å². The van der Waals surface area contributed by atoms with Crippen LogP contribution >= 0.6 is 0 Å². The van der Waals surface area contributed by atoms with Gasteiger partial charge in [0.1, 0.15) is 0 Å². The number of benzene rings is 1. The smallest absolute Gasteiger partial charge is 0.370 e. The number of alkyl halides is 3. The molecule has 1 aromatic carbocycles. The van der Waals surface area contributed by atoms with Gasteiger partial charge in [-0.2, -0.15) is 18.4 Å². The zero-order chi connectivity index (χ0) is 24.6. The van der Waals surface area contributed by atoms with Gasteiger partial charge in [-0.3, -0.25) is 4.79 Å². The first-order valence-corrected chi connectivity index (χ1v) is 12.5. The normalized spacial score (nSPS) is 21.2. The van der Waals surface area contributed by atoms with Crippen LogP contribution in [-0.2, 0) is 21.0 Å². The lowest BCUT2D eigenvalue weighted by Gasteiger charge is -2.42. The predicted octanol–water partition coefficient (Wildman–Crippen LogP) is 2.92. The molecule has 2 saturated heterocycles. The van der Waals surface area contributed by atoms with Gasteiger partial charge in [0.25, 0.3) is 0 Å². The van der Waals surface area contributed by atoms with E-state index in [0.29, 0.717) is 31.5 Å². The van der Waals surface area contributed by atoms with Gasteiger partial charge < -0.3 is 9.80 Å². The highest BCUT2D eigenvalue weighted by Crippen LogP contribution is 2.47. The number of nitrogens with zero attached hydrogens (tertiary/aromatic N) is 4. The maximum Gasteiger partial charge on any atom is 0.417 e. The van der Waals surface area contributed by atoms with Crippen molar-refractivity contribution in [1.29, 1.82) is 5.26 Å². The third kappa shape index (κ3) is 4.96. The molecule has 0 N–H and O–H groups in total. The molecule has 0 aromatic heterocycles. The third-order valence-electron chi connectivity index (χ3n) is 6.75. The van der Waals surface area contributed by atoms with E-state index in [1.54, 1.807) is 32.0 Å². The van der Waals surface area contributed by atoms with E-state index >= 15 is 0 Å². The molecule has 1 aromatic rings. The Morgan fingerprint density at radius 2 is 1.91 bits per heavy atom. The summed E-state index contributed by atoms with van der Waals surface area (Å²) in [5.41, 5.74) is -1.68. The Bertz CT molecular complexity index is 1040. The van der Waals surface area contributed by atoms with Gasteiger partial charge in [0, 0.05) is 51.4 Å². The maximum absolute atomic E-state index is 13.5. The van der Waals surface area contributed by atoms with E-state index in [4.69, 9.17) is 5.26 Å². The number of carbonyl (C=O) groups is 1. The largest absolute Gasteiger partial charge is 0.417 e. The second-order valence-electron chi connectivity index (χ2n) is 9.08. The van der Waals surface area contributed by atoms with Gasteiger partial charge in [-0.25, -0.2) is 12.7 Å². The summed E-state index contributed by atoms with van der Waals surface area (Å²) >= 11 is 0. The minimum Gasteiger partial charge on any atom is -0.370 e. The Morgan fingerprint density at radius 1 is 1.27 bits per heavy atom. The fourth-order valence-electron chi connectivity index (χ4n) is 4.98. The van der Waals surface area contributed by atoms with E-state index in [1.165, 1.54) is 15.3 Å². The summed E-state index contributed by atoms with van der Waals surface area (Å²) in [4.78, 5) is 16.3. The molecule has 33 heavy (non-hydrogen) atoms. The number of hydrogen-bond acceptors (Lipinski definition) is 5. The fraction of sp³-hybridized carbons (Fsp3) is 0.636. The van der Waals surface area contributed by atoms with Crippen LogP contribution in [0.4, 0.5) is 18.9 Å². The van der Waals surface area contributed by atoms with E-state index in [0.717, 1.165) is 12.1 Å². The van der Waals surface area contributed by atoms with Crippen molar-refractivity contribution in [2.75, 3.05) is 50.9 Å². The van der Waals surface area contributed by atoms with E-state index < -0.39 is 38.7 Å². The van der Waals surface area contributed by atoms with Gasteiger partial charge in [-0.1, -0.05) is 6.92 Å². The van der Waals surface area contributed by atoms with Crippen molar-refractivity contribution in [3.05, 3.63) is 29.3 Å². The van der Waals surface area contributed by atoms with Crippen LogP contribution in [0.5, 0.6) is 0 Å². The summed E-state index contributed by atoms with van der Waals surface area (Å²) in [7, 11) is -0.0766. The molecular formula is C22H29F3N4O3S. The van der Waals surface area contributed by atoms with Crippen LogP contribution in [-0.4, -0.2) is 69.6 Å². The zero-order valence-corrected chi connectivity index (χ0v) is 19.8. The molecule has 2 aliphatic rings. The van der Waals surface area contributed by atoms with Crippen molar-refractivity contribution in [2.45, 2.75) is 32.4 Å². The first-order chi connectivity index (χ1) is 15.3. The van der Waals surface area contributed by atoms with Crippen LogP contribution in [0.1, 0.15) is 37.3 Å². The Hall–Kier alpha value is -2.32. The molecule has 1 atom stereocenters. The van der Waals surface area contributed by atoms with E-state index in [-0.39, 0.29) is 31.3 Å². The highest BCUT2D eigenvalue weighted by atomic mass is 32.2. The number of sulfonamides is 1. The number of piperidine rings is 1. The second kappa shape index (κ2) is 9.14. The van der Waals surface area contributed by atoms with Crippen molar-refractivity contribution < 1.29 is 26.4 Å². The minimum absolute atomic E-state index is 0.0671. The second-order valence-corrected chi connectivity index (χ2v) is 11.2. The standard InChI is InChI=1S/C22H29F3N4O3S/c1-4-11-33(31,32)29-9-7-21(8-10-29)15-28(14-19(21)20(30)27(2)3)17-6-5-16(13-26)18(12-17)22(23,24)25/h5-6,12,19H,4,7-11,14-15H2,1-3H3. The Morgan fingerprint density at radius 3 is 2.42 bits per heavy atom. The van der Waals surface area contributed by atoms with E-state index in [2.05, 4.69) is 0 Å². The number of carbonyl (C=O) groups excluding carboxylic acids is 1. The van der Waals surface area contributed by atoms with Gasteiger partial charge in [0.15, 0.2) is 0 Å². The van der Waals surface area contributed by atoms with Gasteiger partial charge in [0.2, 0.25) is 15.9 Å². The molecule has 1 spiro atoms. The van der Waals surface area contributed by atoms with E-state index in [1.807, 2.05) is 0 Å². The van der Waals surface area contributed by atoms with Gasteiger partial charge in [-0.15, -0.1) is 0 Å². The van der Waals surface area contributed by atoms with Crippen LogP contribution in [0.3, 0.4) is 0 Å². The lowest BCUT2D eigenvalue weighted by atomic mass is 9.70. The van der Waals surface area contributed by atoms with Crippen molar-refractivity contribution in [3.63, 3.8) is 0 Å². The molecule has 0 bridgehead atoms. The molecule has 3 rings (SSSR count). The summed E-state index contributed by atoms with van der Waals surface area (Å²) in [6, 6.07) is 5.19. The quantitative estimate of drug-likeness (QED) is 0.639. The van der Waals surface area contributed by atoms with Crippen molar-refractivity contribution >= 4 is 21.6 Å². The van der Waals surface area contributed by atoms with Crippen LogP contribution in [0.2, 0.25) is 0 Å². The van der Waals surface area contributed by atoms with Crippen molar-refractivity contribution in [3.8, 4) is 6.07 Å². The monoisotopic (exact) mass is 486 g/mol. The number of hydrogen-bond donors (Lipinski definition) is 0. The first-order valence-electron chi connectivity index (χ1n) is 10.9. The van der Waals surface area contributed by atoms with E-state index in [9.17, 15) is 26.4 Å². The Kier molecular flexibility index (Phi) is 7.01. The molecule has 2 fully saturated rings. The molecule has 1 amide bonds. The SMILES string of the molecule is CCCS(=O)(=O)N1CCC2(CC1)CN(c1ccc(C#N)c(C(F)(F)F)c1)CC2C(=O)N(C)C. The van der Waals surface area contributed by atoms with Crippen LogP contribution < -0.4 is 4.90 Å². The number of amides is 1. The highest BCUT2D eigenvalue weighted by Gasteiger charge is 2.52.